The Balaban J connectivity index is 0.00000144. The van der Waals surface area contributed by atoms with Gasteiger partial charge < -0.3 is 14.9 Å². The van der Waals surface area contributed by atoms with E-state index in [0.717, 1.165) is 0 Å². The number of fused-ring (bicyclic) bond motifs is 1. The lowest BCUT2D eigenvalue weighted by molar-refractivity contribution is 0.413. The SMILES string of the molecule is COc1ccc2c(=O)nc(CCN)oc2c1.Cl. The molecule has 0 radical (unpaired) electrons. The van der Waals surface area contributed by atoms with Crippen molar-refractivity contribution in [2.45, 2.75) is 6.42 Å². The number of aromatic nitrogens is 1. The molecule has 0 amide bonds. The molecule has 0 spiro atoms. The Morgan fingerprint density at radius 1 is 1.47 bits per heavy atom. The van der Waals surface area contributed by atoms with Crippen LogP contribution in [0.1, 0.15) is 5.89 Å². The van der Waals surface area contributed by atoms with Crippen LogP contribution in [0, 0.1) is 0 Å². The van der Waals surface area contributed by atoms with Crippen molar-refractivity contribution in [1.29, 1.82) is 0 Å². The zero-order valence-electron chi connectivity index (χ0n) is 9.30. The average molecular weight is 257 g/mol. The van der Waals surface area contributed by atoms with E-state index in [1.54, 1.807) is 25.3 Å². The van der Waals surface area contributed by atoms with Crippen LogP contribution in [0.2, 0.25) is 0 Å². The van der Waals surface area contributed by atoms with Gasteiger partial charge in [0.15, 0.2) is 5.89 Å². The summed E-state index contributed by atoms with van der Waals surface area (Å²) in [6.07, 6.45) is 0.447. The molecule has 92 valence electrons. The first kappa shape index (κ1) is 13.5. The number of hydrogen-bond acceptors (Lipinski definition) is 5. The van der Waals surface area contributed by atoms with Gasteiger partial charge in [-0.3, -0.25) is 4.79 Å². The second kappa shape index (κ2) is 5.65. The second-order valence-electron chi connectivity index (χ2n) is 3.31. The first-order chi connectivity index (χ1) is 7.74. The maximum absolute atomic E-state index is 11.6. The topological polar surface area (TPSA) is 78.3 Å². The van der Waals surface area contributed by atoms with Crippen LogP contribution < -0.4 is 16.0 Å². The lowest BCUT2D eigenvalue weighted by Crippen LogP contribution is -2.12. The Hall–Kier alpha value is -1.59. The van der Waals surface area contributed by atoms with Gasteiger partial charge in [0.05, 0.1) is 12.5 Å². The van der Waals surface area contributed by atoms with Gasteiger partial charge in [-0.2, -0.15) is 4.98 Å². The zero-order chi connectivity index (χ0) is 11.5. The summed E-state index contributed by atoms with van der Waals surface area (Å²) in [5, 5.41) is 0.446. The Kier molecular flexibility index (Phi) is 4.48. The first-order valence-electron chi connectivity index (χ1n) is 4.92. The highest BCUT2D eigenvalue weighted by molar-refractivity contribution is 5.85. The highest BCUT2D eigenvalue weighted by atomic mass is 35.5. The maximum atomic E-state index is 11.6. The number of benzene rings is 1. The van der Waals surface area contributed by atoms with Crippen molar-refractivity contribution < 1.29 is 9.15 Å². The molecule has 0 atom stereocenters. The first-order valence-corrected chi connectivity index (χ1v) is 4.92. The van der Waals surface area contributed by atoms with E-state index in [1.165, 1.54) is 0 Å². The Labute approximate surface area is 104 Å². The molecule has 0 saturated carbocycles. The molecule has 1 heterocycles. The second-order valence-corrected chi connectivity index (χ2v) is 3.31. The van der Waals surface area contributed by atoms with Crippen molar-refractivity contribution in [3.05, 3.63) is 34.4 Å². The van der Waals surface area contributed by atoms with E-state index < -0.39 is 0 Å². The number of rotatable bonds is 3. The summed E-state index contributed by atoms with van der Waals surface area (Å²) in [5.74, 6) is 0.994. The molecule has 17 heavy (non-hydrogen) atoms. The Bertz CT molecular complexity index is 568. The van der Waals surface area contributed by atoms with Crippen LogP contribution in [0.25, 0.3) is 11.0 Å². The molecule has 0 saturated heterocycles. The van der Waals surface area contributed by atoms with Crippen LogP contribution in [0.15, 0.2) is 27.4 Å². The summed E-state index contributed by atoms with van der Waals surface area (Å²) in [6.45, 7) is 0.394. The van der Waals surface area contributed by atoms with Gasteiger partial charge in [-0.15, -0.1) is 12.4 Å². The lowest BCUT2D eigenvalue weighted by Gasteiger charge is -2.02. The Morgan fingerprint density at radius 3 is 2.88 bits per heavy atom. The monoisotopic (exact) mass is 256 g/mol. The largest absolute Gasteiger partial charge is 0.497 e. The van der Waals surface area contributed by atoms with E-state index in [9.17, 15) is 4.79 Å². The van der Waals surface area contributed by atoms with Gasteiger partial charge in [-0.1, -0.05) is 0 Å². The fourth-order valence-corrected chi connectivity index (χ4v) is 1.44. The van der Waals surface area contributed by atoms with E-state index in [1.807, 2.05) is 0 Å². The van der Waals surface area contributed by atoms with Crippen molar-refractivity contribution in [2.24, 2.45) is 5.73 Å². The van der Waals surface area contributed by atoms with E-state index in [0.29, 0.717) is 35.6 Å². The maximum Gasteiger partial charge on any atom is 0.283 e. The van der Waals surface area contributed by atoms with Gasteiger partial charge in [0.1, 0.15) is 11.3 Å². The summed E-state index contributed by atoms with van der Waals surface area (Å²) < 4.78 is 10.5. The molecule has 0 aliphatic heterocycles. The average Bonchev–Trinajstić information content (AvgIpc) is 2.28. The van der Waals surface area contributed by atoms with E-state index >= 15 is 0 Å². The fourth-order valence-electron chi connectivity index (χ4n) is 1.44. The number of hydrogen-bond donors (Lipinski definition) is 1. The molecule has 2 aromatic rings. The third-order valence-corrected chi connectivity index (χ3v) is 2.23. The minimum atomic E-state index is -0.299. The van der Waals surface area contributed by atoms with Gasteiger partial charge >= 0.3 is 0 Å². The van der Waals surface area contributed by atoms with Gasteiger partial charge in [-0.25, -0.2) is 0 Å². The minimum Gasteiger partial charge on any atom is -0.497 e. The molecule has 0 fully saturated rings. The molecular weight excluding hydrogens is 244 g/mol. The molecule has 0 aliphatic carbocycles. The minimum absolute atomic E-state index is 0. The van der Waals surface area contributed by atoms with E-state index in [-0.39, 0.29) is 18.0 Å². The quantitative estimate of drug-likeness (QED) is 0.890. The fraction of sp³-hybridized carbons (Fsp3) is 0.273. The van der Waals surface area contributed by atoms with E-state index in [4.69, 9.17) is 14.9 Å². The smallest absolute Gasteiger partial charge is 0.283 e. The zero-order valence-corrected chi connectivity index (χ0v) is 10.1. The summed E-state index contributed by atoms with van der Waals surface area (Å²) in [7, 11) is 1.56. The molecule has 5 nitrogen and oxygen atoms in total. The van der Waals surface area contributed by atoms with Crippen LogP contribution in [0.3, 0.4) is 0 Å². The third kappa shape index (κ3) is 2.75. The predicted molar refractivity (Wildman–Crippen MR) is 66.8 cm³/mol. The van der Waals surface area contributed by atoms with Gasteiger partial charge in [-0.05, 0) is 12.1 Å². The summed E-state index contributed by atoms with van der Waals surface area (Å²) in [4.78, 5) is 15.4. The predicted octanol–water partition coefficient (Wildman–Crippen LogP) is 1.12. The molecule has 0 unspecified atom stereocenters. The third-order valence-electron chi connectivity index (χ3n) is 2.23. The molecular formula is C11H13ClN2O3. The molecule has 1 aromatic carbocycles. The number of ether oxygens (including phenoxy) is 1. The molecule has 2 rings (SSSR count). The highest BCUT2D eigenvalue weighted by Gasteiger charge is 2.06. The molecule has 0 aliphatic rings. The number of nitrogens with zero attached hydrogens (tertiary/aromatic N) is 1. The standard InChI is InChI=1S/C11H12N2O3.ClH/c1-15-7-2-3-8-9(6-7)16-10(4-5-12)13-11(8)14;/h2-3,6H,4-5,12H2,1H3;1H. The normalized spacial score (nSPS) is 10.0. The van der Waals surface area contributed by atoms with Crippen LogP contribution in [-0.2, 0) is 6.42 Å². The molecule has 2 N–H and O–H groups in total. The van der Waals surface area contributed by atoms with Gasteiger partial charge in [0.25, 0.3) is 5.56 Å². The lowest BCUT2D eigenvalue weighted by atomic mass is 10.2. The number of methoxy groups -OCH3 is 1. The van der Waals surface area contributed by atoms with Crippen molar-refractivity contribution in [1.82, 2.24) is 4.98 Å². The summed E-state index contributed by atoms with van der Waals surface area (Å²) in [5.41, 5.74) is 5.56. The molecule has 6 heteroatoms. The van der Waals surface area contributed by atoms with Crippen molar-refractivity contribution in [3.8, 4) is 5.75 Å². The van der Waals surface area contributed by atoms with Crippen LogP contribution >= 0.6 is 12.4 Å². The van der Waals surface area contributed by atoms with Gasteiger partial charge in [0, 0.05) is 19.0 Å². The number of halogens is 1. The van der Waals surface area contributed by atoms with Crippen LogP contribution in [0.4, 0.5) is 0 Å². The highest BCUT2D eigenvalue weighted by Crippen LogP contribution is 2.18. The van der Waals surface area contributed by atoms with E-state index in [2.05, 4.69) is 4.98 Å². The van der Waals surface area contributed by atoms with Crippen molar-refractivity contribution >= 4 is 23.4 Å². The van der Waals surface area contributed by atoms with Gasteiger partial charge in [0.2, 0.25) is 0 Å². The van der Waals surface area contributed by atoms with Crippen LogP contribution in [-0.4, -0.2) is 18.6 Å². The Morgan fingerprint density at radius 2 is 2.24 bits per heavy atom. The van der Waals surface area contributed by atoms with Crippen molar-refractivity contribution in [3.63, 3.8) is 0 Å². The molecule has 1 aromatic heterocycles. The summed E-state index contributed by atoms with van der Waals surface area (Å²) in [6, 6.07) is 5.00. The number of nitrogens with two attached hydrogens (primary N) is 1. The van der Waals surface area contributed by atoms with Crippen LogP contribution in [0.5, 0.6) is 5.75 Å². The molecule has 0 bridgehead atoms. The van der Waals surface area contributed by atoms with Crippen molar-refractivity contribution in [2.75, 3.05) is 13.7 Å². The summed E-state index contributed by atoms with van der Waals surface area (Å²) >= 11 is 0.